The highest BCUT2D eigenvalue weighted by molar-refractivity contribution is 5.79. The topological polar surface area (TPSA) is 37.3 Å². The molecule has 0 radical (unpaired) electrons. The van der Waals surface area contributed by atoms with Crippen molar-refractivity contribution in [2.24, 2.45) is 5.92 Å². The number of carbonyl (C=O) groups is 1. The van der Waals surface area contributed by atoms with Crippen LogP contribution in [-0.2, 0) is 0 Å². The predicted molar refractivity (Wildman–Crippen MR) is 82.3 cm³/mol. The van der Waals surface area contributed by atoms with E-state index in [0.29, 0.717) is 17.8 Å². The van der Waals surface area contributed by atoms with Crippen molar-refractivity contribution in [1.82, 2.24) is 0 Å². The van der Waals surface area contributed by atoms with E-state index in [1.54, 1.807) is 12.1 Å². The average Bonchev–Trinajstić information content (AvgIpc) is 2.48. The first kappa shape index (κ1) is 15.1. The van der Waals surface area contributed by atoms with Gasteiger partial charge in [0.25, 0.3) is 0 Å². The number of hydrogen-bond acceptors (Lipinski definition) is 2. The van der Waals surface area contributed by atoms with Crippen LogP contribution in [0.1, 0.15) is 80.1 Å². The van der Waals surface area contributed by atoms with Crippen LogP contribution in [0.5, 0.6) is 5.75 Å². The molecule has 1 saturated carbocycles. The summed E-state index contributed by atoms with van der Waals surface area (Å²) >= 11 is 0. The maximum Gasteiger partial charge on any atom is 0.153 e. The summed E-state index contributed by atoms with van der Waals surface area (Å²) in [6.07, 6.45) is 11.2. The summed E-state index contributed by atoms with van der Waals surface area (Å²) in [6, 6.07) is 5.53. The van der Waals surface area contributed by atoms with Gasteiger partial charge in [-0.25, -0.2) is 0 Å². The summed E-state index contributed by atoms with van der Waals surface area (Å²) in [6.45, 7) is 2.26. The summed E-state index contributed by atoms with van der Waals surface area (Å²) in [7, 11) is 0. The third-order valence-corrected chi connectivity index (χ3v) is 4.72. The molecule has 0 saturated heterocycles. The van der Waals surface area contributed by atoms with Gasteiger partial charge in [0.05, 0.1) is 5.56 Å². The van der Waals surface area contributed by atoms with E-state index in [-0.39, 0.29) is 5.75 Å². The number of phenols is 1. The summed E-state index contributed by atoms with van der Waals surface area (Å²) < 4.78 is 0. The van der Waals surface area contributed by atoms with Gasteiger partial charge in [0.2, 0.25) is 0 Å². The van der Waals surface area contributed by atoms with Gasteiger partial charge in [-0.3, -0.25) is 4.79 Å². The van der Waals surface area contributed by atoms with Crippen molar-refractivity contribution in [3.05, 3.63) is 29.3 Å². The van der Waals surface area contributed by atoms with Crippen LogP contribution in [0.25, 0.3) is 0 Å². The molecule has 1 aliphatic rings. The van der Waals surface area contributed by atoms with Gasteiger partial charge in [0.15, 0.2) is 6.29 Å². The highest BCUT2D eigenvalue weighted by atomic mass is 16.3. The third kappa shape index (κ3) is 3.84. The molecule has 2 rings (SSSR count). The lowest BCUT2D eigenvalue weighted by molar-refractivity contribution is 0.112. The normalized spacial score (nSPS) is 22.6. The summed E-state index contributed by atoms with van der Waals surface area (Å²) in [5.41, 5.74) is 1.59. The highest BCUT2D eigenvalue weighted by Gasteiger charge is 2.22. The molecule has 2 heteroatoms. The van der Waals surface area contributed by atoms with Crippen LogP contribution in [0, 0.1) is 5.92 Å². The Hall–Kier alpha value is -1.31. The molecule has 110 valence electrons. The van der Waals surface area contributed by atoms with Crippen LogP contribution >= 0.6 is 0 Å². The molecule has 1 aromatic carbocycles. The van der Waals surface area contributed by atoms with Crippen molar-refractivity contribution in [3.63, 3.8) is 0 Å². The minimum absolute atomic E-state index is 0.127. The number of benzene rings is 1. The lowest BCUT2D eigenvalue weighted by Gasteiger charge is -2.29. The monoisotopic (exact) mass is 274 g/mol. The second-order valence-corrected chi connectivity index (χ2v) is 6.15. The Kier molecular flexibility index (Phi) is 5.63. The van der Waals surface area contributed by atoms with Gasteiger partial charge < -0.3 is 5.11 Å². The second-order valence-electron chi connectivity index (χ2n) is 6.15. The van der Waals surface area contributed by atoms with Crippen molar-refractivity contribution in [2.75, 3.05) is 0 Å². The van der Waals surface area contributed by atoms with Crippen LogP contribution in [0.3, 0.4) is 0 Å². The lowest BCUT2D eigenvalue weighted by atomic mass is 9.77. The minimum Gasteiger partial charge on any atom is -0.507 e. The van der Waals surface area contributed by atoms with E-state index in [1.165, 1.54) is 56.9 Å². The molecule has 1 N–H and O–H groups in total. The maximum absolute atomic E-state index is 10.7. The summed E-state index contributed by atoms with van der Waals surface area (Å²) in [5.74, 6) is 1.59. The standard InChI is InChI=1S/C18H26O2/c1-2-3-4-5-14-6-8-15(9-7-14)16-10-11-17(13-19)18(20)12-16/h10-15,20H,2-9H2,1H3. The molecule has 0 unspecified atom stereocenters. The first-order chi connectivity index (χ1) is 9.74. The van der Waals surface area contributed by atoms with Crippen LogP contribution in [0.2, 0.25) is 0 Å². The number of phenolic OH excluding ortho intramolecular Hbond substituents is 1. The Morgan fingerprint density at radius 3 is 2.55 bits per heavy atom. The van der Waals surface area contributed by atoms with E-state index in [2.05, 4.69) is 6.92 Å². The number of aldehydes is 1. The zero-order chi connectivity index (χ0) is 14.4. The van der Waals surface area contributed by atoms with Crippen molar-refractivity contribution in [2.45, 2.75) is 64.2 Å². The van der Waals surface area contributed by atoms with Crippen molar-refractivity contribution in [3.8, 4) is 5.75 Å². The second kappa shape index (κ2) is 7.47. The fourth-order valence-electron chi connectivity index (χ4n) is 3.38. The summed E-state index contributed by atoms with van der Waals surface area (Å²) in [4.78, 5) is 10.7. The van der Waals surface area contributed by atoms with E-state index >= 15 is 0 Å². The molecule has 0 bridgehead atoms. The molecule has 2 nitrogen and oxygen atoms in total. The van der Waals surface area contributed by atoms with E-state index in [9.17, 15) is 9.90 Å². The quantitative estimate of drug-likeness (QED) is 0.581. The Morgan fingerprint density at radius 2 is 1.95 bits per heavy atom. The van der Waals surface area contributed by atoms with Gasteiger partial charge in [-0.15, -0.1) is 0 Å². The maximum atomic E-state index is 10.7. The Labute approximate surface area is 122 Å². The fraction of sp³-hybridized carbons (Fsp3) is 0.611. The lowest BCUT2D eigenvalue weighted by Crippen LogP contribution is -2.13. The van der Waals surface area contributed by atoms with Gasteiger partial charge in [-0.2, -0.15) is 0 Å². The van der Waals surface area contributed by atoms with Gasteiger partial charge in [0.1, 0.15) is 5.75 Å². The predicted octanol–water partition coefficient (Wildman–Crippen LogP) is 5.06. The largest absolute Gasteiger partial charge is 0.507 e. The number of carbonyl (C=O) groups excluding carboxylic acids is 1. The van der Waals surface area contributed by atoms with E-state index in [4.69, 9.17) is 0 Å². The van der Waals surface area contributed by atoms with Crippen LogP contribution in [0.15, 0.2) is 18.2 Å². The molecule has 1 fully saturated rings. The molecule has 0 spiro atoms. The molecule has 0 amide bonds. The van der Waals surface area contributed by atoms with Gasteiger partial charge >= 0.3 is 0 Å². The fourth-order valence-corrected chi connectivity index (χ4v) is 3.38. The van der Waals surface area contributed by atoms with Crippen LogP contribution in [-0.4, -0.2) is 11.4 Å². The Balaban J connectivity index is 1.87. The van der Waals surface area contributed by atoms with Crippen molar-refractivity contribution >= 4 is 6.29 Å². The first-order valence-electron chi connectivity index (χ1n) is 8.02. The number of unbranched alkanes of at least 4 members (excludes halogenated alkanes) is 2. The zero-order valence-corrected chi connectivity index (χ0v) is 12.5. The van der Waals surface area contributed by atoms with Gasteiger partial charge in [0, 0.05) is 0 Å². The smallest absolute Gasteiger partial charge is 0.153 e. The SMILES string of the molecule is CCCCCC1CCC(c2ccc(C=O)c(O)c2)CC1. The van der Waals surface area contributed by atoms with E-state index in [1.807, 2.05) is 6.07 Å². The van der Waals surface area contributed by atoms with Gasteiger partial charge in [-0.05, 0) is 55.2 Å². The van der Waals surface area contributed by atoms with Crippen molar-refractivity contribution in [1.29, 1.82) is 0 Å². The molecule has 0 aromatic heterocycles. The third-order valence-electron chi connectivity index (χ3n) is 4.72. The van der Waals surface area contributed by atoms with E-state index in [0.717, 1.165) is 5.92 Å². The van der Waals surface area contributed by atoms with Gasteiger partial charge in [-0.1, -0.05) is 38.7 Å². The minimum atomic E-state index is 0.127. The molecule has 1 aromatic rings. The van der Waals surface area contributed by atoms with Crippen LogP contribution in [0.4, 0.5) is 0 Å². The zero-order valence-electron chi connectivity index (χ0n) is 12.5. The molecule has 20 heavy (non-hydrogen) atoms. The van der Waals surface area contributed by atoms with Crippen LogP contribution < -0.4 is 0 Å². The van der Waals surface area contributed by atoms with E-state index < -0.39 is 0 Å². The van der Waals surface area contributed by atoms with Crippen molar-refractivity contribution < 1.29 is 9.90 Å². The summed E-state index contributed by atoms with van der Waals surface area (Å²) in [5, 5.41) is 9.79. The molecule has 0 aliphatic heterocycles. The highest BCUT2D eigenvalue weighted by Crippen LogP contribution is 2.38. The number of aromatic hydroxyl groups is 1. The molecular formula is C18H26O2. The molecular weight excluding hydrogens is 248 g/mol. The first-order valence-corrected chi connectivity index (χ1v) is 8.02. The average molecular weight is 274 g/mol. The molecule has 0 heterocycles. The molecule has 1 aliphatic carbocycles. The Morgan fingerprint density at radius 1 is 1.20 bits per heavy atom. The Bertz CT molecular complexity index is 431. The molecule has 0 atom stereocenters. The number of hydrogen-bond donors (Lipinski definition) is 1. The number of rotatable bonds is 6.